The Balaban J connectivity index is 1.93. The summed E-state index contributed by atoms with van der Waals surface area (Å²) in [6.07, 6.45) is 3.95. The van der Waals surface area contributed by atoms with Gasteiger partial charge in [0.15, 0.2) is 11.2 Å². The maximum Gasteiger partial charge on any atom is 0.329 e. The van der Waals surface area contributed by atoms with Gasteiger partial charge in [0.25, 0.3) is 5.56 Å². The van der Waals surface area contributed by atoms with Gasteiger partial charge in [-0.3, -0.25) is 18.9 Å². The van der Waals surface area contributed by atoms with Gasteiger partial charge in [0.1, 0.15) is 0 Å². The fourth-order valence-corrected chi connectivity index (χ4v) is 3.33. The molecular weight excluding hydrogens is 368 g/mol. The molecule has 0 amide bonds. The van der Waals surface area contributed by atoms with Crippen molar-refractivity contribution in [3.8, 4) is 5.95 Å². The van der Waals surface area contributed by atoms with Crippen LogP contribution in [0.1, 0.15) is 22.5 Å². The number of hydrogen-bond acceptors (Lipinski definition) is 4. The first-order valence-corrected chi connectivity index (χ1v) is 9.33. The summed E-state index contributed by atoms with van der Waals surface area (Å²) < 4.78 is 4.85. The van der Waals surface area contributed by atoms with Crippen molar-refractivity contribution in [1.82, 2.24) is 28.9 Å². The predicted molar refractivity (Wildman–Crippen MR) is 112 cm³/mol. The van der Waals surface area contributed by atoms with Crippen molar-refractivity contribution in [3.05, 3.63) is 79.8 Å². The Morgan fingerprint density at radius 1 is 1.10 bits per heavy atom. The molecule has 0 atom stereocenters. The average Bonchev–Trinajstić information content (AvgIpc) is 3.20. The van der Waals surface area contributed by atoms with Crippen molar-refractivity contribution in [2.45, 2.75) is 27.3 Å². The first kappa shape index (κ1) is 18.7. The van der Waals surface area contributed by atoms with Gasteiger partial charge in [0.05, 0.1) is 5.69 Å². The lowest BCUT2D eigenvalue weighted by Crippen LogP contribution is -2.29. The number of aryl methyl sites for hydroxylation is 2. The number of aromatic nitrogens is 6. The van der Waals surface area contributed by atoms with E-state index in [1.807, 2.05) is 63.3 Å². The lowest BCUT2D eigenvalue weighted by atomic mass is 10.2. The molecule has 0 aliphatic carbocycles. The molecule has 0 aliphatic heterocycles. The zero-order valence-corrected chi connectivity index (χ0v) is 16.8. The van der Waals surface area contributed by atoms with E-state index in [4.69, 9.17) is 0 Å². The van der Waals surface area contributed by atoms with E-state index in [1.165, 1.54) is 4.57 Å². The molecule has 0 bridgehead atoms. The number of H-pyrrole nitrogens is 1. The molecule has 0 aliphatic rings. The number of fused-ring (bicyclic) bond motifs is 1. The van der Waals surface area contributed by atoms with E-state index >= 15 is 0 Å². The molecule has 1 N–H and O–H groups in total. The summed E-state index contributed by atoms with van der Waals surface area (Å²) in [5.74, 6) is 0.498. The standard InChI is InChI=1S/C21H22N6O2/c1-13-14(2)24-27(15(13)3)20-22-18-17(19(28)23-21(29)25(18)4)26(20)12-8-11-16-9-6-5-7-10-16/h5-11H,12H2,1-4H3,(H,23,28,29). The second-order valence-corrected chi connectivity index (χ2v) is 7.03. The molecule has 8 heteroatoms. The van der Waals surface area contributed by atoms with Crippen molar-refractivity contribution in [1.29, 1.82) is 0 Å². The number of nitrogens with one attached hydrogen (secondary N) is 1. The van der Waals surface area contributed by atoms with Crippen LogP contribution in [0.3, 0.4) is 0 Å². The van der Waals surface area contributed by atoms with E-state index in [2.05, 4.69) is 15.1 Å². The van der Waals surface area contributed by atoms with Crippen LogP contribution in [0.2, 0.25) is 0 Å². The summed E-state index contributed by atoms with van der Waals surface area (Å²) in [5, 5.41) is 4.59. The number of allylic oxidation sites excluding steroid dienone is 1. The number of aromatic amines is 1. The van der Waals surface area contributed by atoms with Crippen LogP contribution >= 0.6 is 0 Å². The molecule has 0 saturated heterocycles. The van der Waals surface area contributed by atoms with E-state index in [-0.39, 0.29) is 0 Å². The third-order valence-electron chi connectivity index (χ3n) is 5.23. The molecule has 4 rings (SSSR count). The zero-order chi connectivity index (χ0) is 20.7. The molecular formula is C21H22N6O2. The van der Waals surface area contributed by atoms with Gasteiger partial charge in [0.2, 0.25) is 5.95 Å². The Morgan fingerprint density at radius 3 is 2.48 bits per heavy atom. The Morgan fingerprint density at radius 2 is 1.83 bits per heavy atom. The van der Waals surface area contributed by atoms with Crippen molar-refractivity contribution in [2.75, 3.05) is 0 Å². The maximum atomic E-state index is 12.6. The van der Waals surface area contributed by atoms with Crippen LogP contribution in [-0.2, 0) is 13.6 Å². The van der Waals surface area contributed by atoms with Gasteiger partial charge in [-0.2, -0.15) is 10.1 Å². The number of nitrogens with zero attached hydrogens (tertiary/aromatic N) is 5. The van der Waals surface area contributed by atoms with Gasteiger partial charge in [-0.15, -0.1) is 0 Å². The maximum absolute atomic E-state index is 12.6. The summed E-state index contributed by atoms with van der Waals surface area (Å²) in [7, 11) is 1.59. The van der Waals surface area contributed by atoms with E-state index < -0.39 is 11.2 Å². The predicted octanol–water partition coefficient (Wildman–Crippen LogP) is 2.25. The molecule has 4 aromatic rings. The monoisotopic (exact) mass is 390 g/mol. The van der Waals surface area contributed by atoms with E-state index in [0.717, 1.165) is 22.5 Å². The molecule has 3 heterocycles. The quantitative estimate of drug-likeness (QED) is 0.579. The minimum Gasteiger partial charge on any atom is -0.299 e. The van der Waals surface area contributed by atoms with E-state index in [9.17, 15) is 9.59 Å². The molecule has 3 aromatic heterocycles. The Hall–Kier alpha value is -3.68. The summed E-state index contributed by atoms with van der Waals surface area (Å²) in [6, 6.07) is 9.91. The molecule has 0 radical (unpaired) electrons. The first-order valence-electron chi connectivity index (χ1n) is 9.33. The molecule has 0 spiro atoms. The largest absolute Gasteiger partial charge is 0.329 e. The van der Waals surface area contributed by atoms with Crippen LogP contribution in [0.15, 0.2) is 46.0 Å². The zero-order valence-electron chi connectivity index (χ0n) is 16.8. The highest BCUT2D eigenvalue weighted by molar-refractivity contribution is 5.72. The Bertz CT molecular complexity index is 1350. The Labute approximate surface area is 166 Å². The van der Waals surface area contributed by atoms with Crippen LogP contribution in [0, 0.1) is 20.8 Å². The number of hydrogen-bond donors (Lipinski definition) is 1. The van der Waals surface area contributed by atoms with Gasteiger partial charge in [-0.05, 0) is 31.9 Å². The van der Waals surface area contributed by atoms with Gasteiger partial charge in [0, 0.05) is 19.3 Å². The molecule has 29 heavy (non-hydrogen) atoms. The SMILES string of the molecule is Cc1nn(-c2nc3c(c(=O)[nH]c(=O)n3C)n2CC=Cc2ccccc2)c(C)c1C. The van der Waals surface area contributed by atoms with Crippen LogP contribution in [0.5, 0.6) is 0 Å². The fraction of sp³-hybridized carbons (Fsp3) is 0.238. The van der Waals surface area contributed by atoms with Crippen LogP contribution < -0.4 is 11.2 Å². The summed E-state index contributed by atoms with van der Waals surface area (Å²) in [6.45, 7) is 6.30. The lowest BCUT2D eigenvalue weighted by molar-refractivity contribution is 0.709. The third-order valence-corrected chi connectivity index (χ3v) is 5.23. The number of rotatable bonds is 4. The second-order valence-electron chi connectivity index (χ2n) is 7.03. The number of benzene rings is 1. The minimum absolute atomic E-state index is 0.326. The van der Waals surface area contributed by atoms with Crippen LogP contribution in [0.25, 0.3) is 23.2 Å². The molecule has 8 nitrogen and oxygen atoms in total. The summed E-state index contributed by atoms with van der Waals surface area (Å²) in [5.41, 5.74) is 3.65. The molecule has 1 aromatic carbocycles. The molecule has 0 fully saturated rings. The molecule has 0 saturated carbocycles. The fourth-order valence-electron chi connectivity index (χ4n) is 3.33. The van der Waals surface area contributed by atoms with Crippen molar-refractivity contribution >= 4 is 17.2 Å². The highest BCUT2D eigenvalue weighted by Gasteiger charge is 2.20. The smallest absolute Gasteiger partial charge is 0.299 e. The van der Waals surface area contributed by atoms with Gasteiger partial charge < -0.3 is 0 Å². The summed E-state index contributed by atoms with van der Waals surface area (Å²) in [4.78, 5) is 31.7. The second kappa shape index (κ2) is 7.05. The molecule has 0 unspecified atom stereocenters. The highest BCUT2D eigenvalue weighted by Crippen LogP contribution is 2.20. The van der Waals surface area contributed by atoms with Gasteiger partial charge in [-0.25, -0.2) is 9.48 Å². The lowest BCUT2D eigenvalue weighted by Gasteiger charge is -2.07. The van der Waals surface area contributed by atoms with Crippen molar-refractivity contribution in [2.24, 2.45) is 7.05 Å². The highest BCUT2D eigenvalue weighted by atomic mass is 16.2. The topological polar surface area (TPSA) is 90.5 Å². The van der Waals surface area contributed by atoms with Crippen LogP contribution in [-0.4, -0.2) is 28.9 Å². The van der Waals surface area contributed by atoms with Crippen molar-refractivity contribution in [3.63, 3.8) is 0 Å². The first-order chi connectivity index (χ1) is 13.9. The normalized spacial score (nSPS) is 11.7. The number of imidazole rings is 1. The Kier molecular flexibility index (Phi) is 4.54. The molecule has 148 valence electrons. The summed E-state index contributed by atoms with van der Waals surface area (Å²) >= 11 is 0. The third kappa shape index (κ3) is 3.12. The van der Waals surface area contributed by atoms with E-state index in [0.29, 0.717) is 23.7 Å². The van der Waals surface area contributed by atoms with Crippen molar-refractivity contribution < 1.29 is 0 Å². The average molecular weight is 390 g/mol. The van der Waals surface area contributed by atoms with E-state index in [1.54, 1.807) is 16.3 Å². The van der Waals surface area contributed by atoms with Gasteiger partial charge in [-0.1, -0.05) is 42.5 Å². The van der Waals surface area contributed by atoms with Crippen LogP contribution in [0.4, 0.5) is 0 Å². The minimum atomic E-state index is -0.497. The van der Waals surface area contributed by atoms with Gasteiger partial charge >= 0.3 is 5.69 Å².